The number of pyridine rings is 1. The molecule has 0 saturated heterocycles. The molecule has 0 fully saturated rings. The molecular weight excluding hydrogens is 245 g/mol. The summed E-state index contributed by atoms with van der Waals surface area (Å²) >= 11 is -4.84. The predicted molar refractivity (Wildman–Crippen MR) is 52.3 cm³/mol. The summed E-state index contributed by atoms with van der Waals surface area (Å²) in [5.41, 5.74) is 0.606. The molecule has 0 amide bonds. The van der Waals surface area contributed by atoms with Crippen LogP contribution >= 0.6 is 0 Å². The third-order valence-electron chi connectivity index (χ3n) is 1.88. The van der Waals surface area contributed by atoms with Gasteiger partial charge in [0.15, 0.2) is 0 Å². The third-order valence-corrected chi connectivity index (χ3v) is 3.66. The first-order valence-electron chi connectivity index (χ1n) is 3.99. The average Bonchev–Trinajstić information content (AvgIpc) is 2.16. The van der Waals surface area contributed by atoms with E-state index in [1.807, 2.05) is 12.1 Å². The van der Waals surface area contributed by atoms with Crippen LogP contribution in [0.5, 0.6) is 0 Å². The van der Waals surface area contributed by atoms with Crippen LogP contribution in [0.15, 0.2) is 36.4 Å². The van der Waals surface area contributed by atoms with Crippen LogP contribution < -0.4 is 4.48 Å². The predicted octanol–water partition coefficient (Wildman–Crippen LogP) is -0.204. The first kappa shape index (κ1) is 9.46. The molecule has 0 radical (unpaired) electrons. The fourth-order valence-corrected chi connectivity index (χ4v) is 2.28. The summed E-state index contributed by atoms with van der Waals surface area (Å²) in [6.45, 7) is 0. The van der Waals surface area contributed by atoms with Crippen molar-refractivity contribution < 1.29 is 11.9 Å². The molecule has 0 aliphatic carbocycles. The average molecular weight is 253 g/mol. The number of benzene rings is 1. The third kappa shape index (κ3) is 1.73. The van der Waals surface area contributed by atoms with Crippen molar-refractivity contribution in [2.75, 3.05) is 0 Å². The molecule has 2 rings (SSSR count). The van der Waals surface area contributed by atoms with E-state index in [1.165, 1.54) is 6.07 Å². The first-order valence-corrected chi connectivity index (χ1v) is 7.37. The molecule has 2 aromatic rings. The van der Waals surface area contributed by atoms with Gasteiger partial charge in [0.1, 0.15) is 0 Å². The van der Waals surface area contributed by atoms with Crippen LogP contribution in [-0.4, -0.2) is 27.3 Å². The second kappa shape index (κ2) is 3.24. The van der Waals surface area contributed by atoms with E-state index in [0.717, 1.165) is 5.39 Å². The molecule has 4 nitrogen and oxygen atoms in total. The van der Waals surface area contributed by atoms with E-state index in [4.69, 9.17) is 8.19 Å². The Morgan fingerprint density at radius 1 is 1.07 bits per heavy atom. The number of hydrogen-bond acceptors (Lipinski definition) is 2. The van der Waals surface area contributed by atoms with E-state index < -0.39 is 14.2 Å². The van der Waals surface area contributed by atoms with Crippen LogP contribution in [0.3, 0.4) is 0 Å². The van der Waals surface area contributed by atoms with Crippen LogP contribution in [0.2, 0.25) is 0 Å². The summed E-state index contributed by atoms with van der Waals surface area (Å²) in [7, 11) is 0. The molecule has 72 valence electrons. The van der Waals surface area contributed by atoms with E-state index >= 15 is 0 Å². The topological polar surface area (TPSA) is 70.4 Å². The molecule has 0 aliphatic rings. The van der Waals surface area contributed by atoms with Gasteiger partial charge >= 0.3 is 82.9 Å². The Morgan fingerprint density at radius 3 is 2.50 bits per heavy atom. The normalized spacial score (nSPS) is 11.9. The van der Waals surface area contributed by atoms with Crippen LogP contribution in [0.1, 0.15) is 0 Å². The van der Waals surface area contributed by atoms with Crippen molar-refractivity contribution in [3.63, 3.8) is 0 Å². The van der Waals surface area contributed by atoms with Gasteiger partial charge in [0.05, 0.1) is 0 Å². The van der Waals surface area contributed by atoms with Crippen molar-refractivity contribution in [2.45, 2.75) is 0 Å². The van der Waals surface area contributed by atoms with Crippen molar-refractivity contribution in [1.82, 2.24) is 4.98 Å². The number of para-hydroxylation sites is 1. The molecular formula is C9H8AsNO3. The Bertz CT molecular complexity index is 520. The standard InChI is InChI=1S/C9H8AsNO3/c12-10(13,14)9-6-5-7-3-1-2-4-8(7)11-9/h1-6H,(H2,12,13,14). The maximum atomic E-state index is 11.0. The minimum absolute atomic E-state index is 0.123. The molecule has 0 aliphatic heterocycles. The molecule has 0 bridgehead atoms. The Hall–Kier alpha value is -1.09. The molecule has 2 N–H and O–H groups in total. The summed E-state index contributed by atoms with van der Waals surface area (Å²) in [6.07, 6.45) is 0. The van der Waals surface area contributed by atoms with Crippen LogP contribution in [0.4, 0.5) is 0 Å². The summed E-state index contributed by atoms with van der Waals surface area (Å²) < 4.78 is 28.8. The molecule has 0 unspecified atom stereocenters. The van der Waals surface area contributed by atoms with E-state index in [2.05, 4.69) is 4.98 Å². The molecule has 1 heterocycles. The van der Waals surface area contributed by atoms with Crippen molar-refractivity contribution in [2.24, 2.45) is 0 Å². The van der Waals surface area contributed by atoms with Crippen molar-refractivity contribution in [3.8, 4) is 0 Å². The number of nitrogens with zero attached hydrogens (tertiary/aromatic N) is 1. The monoisotopic (exact) mass is 253 g/mol. The number of rotatable bonds is 1. The molecule has 14 heavy (non-hydrogen) atoms. The van der Waals surface area contributed by atoms with Gasteiger partial charge in [-0.1, -0.05) is 0 Å². The summed E-state index contributed by atoms with van der Waals surface area (Å²) in [5.74, 6) is 0. The van der Waals surface area contributed by atoms with Gasteiger partial charge in [0, 0.05) is 0 Å². The van der Waals surface area contributed by atoms with Gasteiger partial charge in [-0.2, -0.15) is 0 Å². The fraction of sp³-hybridized carbons (Fsp3) is 0. The zero-order valence-corrected chi connectivity index (χ0v) is 9.04. The molecule has 0 saturated carbocycles. The summed E-state index contributed by atoms with van der Waals surface area (Å²) in [4.78, 5) is 3.91. The van der Waals surface area contributed by atoms with Gasteiger partial charge in [0.25, 0.3) is 0 Å². The molecule has 0 atom stereocenters. The Morgan fingerprint density at radius 2 is 1.79 bits per heavy atom. The van der Waals surface area contributed by atoms with Crippen LogP contribution in [-0.2, 0) is 3.74 Å². The zero-order valence-electron chi connectivity index (χ0n) is 7.16. The zero-order chi connectivity index (χ0) is 10.2. The maximum absolute atomic E-state index is 11.0. The van der Waals surface area contributed by atoms with E-state index in [-0.39, 0.29) is 4.48 Å². The van der Waals surface area contributed by atoms with Gasteiger partial charge in [0.2, 0.25) is 0 Å². The van der Waals surface area contributed by atoms with Crippen LogP contribution in [0.25, 0.3) is 10.9 Å². The molecule has 5 heteroatoms. The Labute approximate surface area is 83.2 Å². The van der Waals surface area contributed by atoms with E-state index in [1.54, 1.807) is 18.2 Å². The van der Waals surface area contributed by atoms with Gasteiger partial charge < -0.3 is 0 Å². The number of fused-ring (bicyclic) bond motifs is 1. The van der Waals surface area contributed by atoms with Crippen LogP contribution in [0, 0.1) is 0 Å². The van der Waals surface area contributed by atoms with E-state index in [0.29, 0.717) is 5.52 Å². The SMILES string of the molecule is O=[As](O)(O)c1ccc2ccccc2n1. The quantitative estimate of drug-likeness (QED) is 0.690. The van der Waals surface area contributed by atoms with Gasteiger partial charge in [-0.05, 0) is 0 Å². The van der Waals surface area contributed by atoms with Crippen molar-refractivity contribution in [3.05, 3.63) is 36.4 Å². The molecule has 0 spiro atoms. The summed E-state index contributed by atoms with van der Waals surface area (Å²) in [6, 6.07) is 10.3. The second-order valence-electron chi connectivity index (χ2n) is 2.91. The molecule has 1 aromatic carbocycles. The van der Waals surface area contributed by atoms with Gasteiger partial charge in [-0.25, -0.2) is 0 Å². The number of aromatic nitrogens is 1. The second-order valence-corrected chi connectivity index (χ2v) is 6.15. The van der Waals surface area contributed by atoms with Gasteiger partial charge in [-0.15, -0.1) is 0 Å². The number of hydrogen-bond donors (Lipinski definition) is 2. The van der Waals surface area contributed by atoms with E-state index in [9.17, 15) is 3.74 Å². The van der Waals surface area contributed by atoms with Crippen molar-refractivity contribution >= 4 is 29.6 Å². The molecule has 1 aromatic heterocycles. The van der Waals surface area contributed by atoms with Crippen molar-refractivity contribution in [1.29, 1.82) is 0 Å². The summed E-state index contributed by atoms with van der Waals surface area (Å²) in [5, 5.41) is 0.875. The minimum atomic E-state index is -4.84. The van der Waals surface area contributed by atoms with Gasteiger partial charge in [-0.3, -0.25) is 0 Å². The Kier molecular flexibility index (Phi) is 2.19. The first-order chi connectivity index (χ1) is 6.57. The fourth-order valence-electron chi connectivity index (χ4n) is 1.22. The Balaban J connectivity index is 2.69.